The number of aliphatic hydroxyl groups excluding tert-OH is 6. The molecule has 0 aromatic rings. The van der Waals surface area contributed by atoms with Crippen LogP contribution in [0, 0.1) is 5.39 Å². The first-order valence-corrected chi connectivity index (χ1v) is 21.3. The number of amides is 2. The van der Waals surface area contributed by atoms with E-state index in [0.29, 0.717) is 26.4 Å². The van der Waals surface area contributed by atoms with Crippen LogP contribution in [0.15, 0.2) is 29.7 Å². The predicted octanol–water partition coefficient (Wildman–Crippen LogP) is -4.30. The number of ether oxygens (including phenoxy) is 9. The van der Waals surface area contributed by atoms with Crippen molar-refractivity contribution in [3.8, 4) is 0 Å². The van der Waals surface area contributed by atoms with Gasteiger partial charge in [0.1, 0.15) is 55.9 Å². The van der Waals surface area contributed by atoms with Gasteiger partial charge in [-0.25, -0.2) is 18.7 Å². The summed E-state index contributed by atoms with van der Waals surface area (Å²) in [6.07, 6.45) is -15.9. The lowest BCUT2D eigenvalue weighted by Gasteiger charge is -2.46. The second-order valence-corrected chi connectivity index (χ2v) is 15.5. The van der Waals surface area contributed by atoms with Crippen molar-refractivity contribution in [2.75, 3.05) is 100 Å². The van der Waals surface area contributed by atoms with Crippen molar-refractivity contribution in [3.63, 3.8) is 0 Å². The lowest BCUT2D eigenvalue weighted by atomic mass is 9.88. The molecular formula is C35H58N6O23P+. The molecule has 3 heterocycles. The molecule has 2 fully saturated rings. The largest absolute Gasteiger partial charge is 0.477 e. The number of nitrogens with zero attached hydrogens (tertiary/aromatic N) is 4. The highest BCUT2D eigenvalue weighted by molar-refractivity contribution is 7.47. The third-order valence-electron chi connectivity index (χ3n) is 9.36. The number of aliphatic hydroxyl groups is 6. The number of phosphoric ester groups is 1. The van der Waals surface area contributed by atoms with Gasteiger partial charge in [-0.05, 0) is 11.6 Å². The van der Waals surface area contributed by atoms with Crippen LogP contribution in [-0.4, -0.2) is 236 Å². The fourth-order valence-electron chi connectivity index (χ4n) is 6.06. The lowest BCUT2D eigenvalue weighted by molar-refractivity contribution is -0.289. The number of nitrogens with one attached hydrogen (secondary N) is 2. The average molecular weight is 962 g/mol. The van der Waals surface area contributed by atoms with Gasteiger partial charge in [-0.1, -0.05) is 0 Å². The van der Waals surface area contributed by atoms with Gasteiger partial charge < -0.3 is 93.9 Å². The van der Waals surface area contributed by atoms with Crippen LogP contribution in [0.25, 0.3) is 4.98 Å². The van der Waals surface area contributed by atoms with E-state index >= 15 is 0 Å². The van der Waals surface area contributed by atoms with Gasteiger partial charge in [0.2, 0.25) is 11.7 Å². The van der Waals surface area contributed by atoms with Crippen LogP contribution in [0.2, 0.25) is 0 Å². The number of phosphoric acid groups is 1. The molecule has 30 heteroatoms. The SMILES string of the molecule is C=C1N=C([N+]#N)C=CN1[C@@H]1OC(COP(=O)(O)O[C@@]2(C(=O)O)C[C@@H](O)[C@@H](NC(=O)CNC(=O)OCC(COCCOCCOC)OCCOCCOC)C([C@H](O)[C@H](O)CO)O2)[C@@H](O)[C@H]1O. The van der Waals surface area contributed by atoms with Crippen molar-refractivity contribution in [1.82, 2.24) is 15.5 Å². The van der Waals surface area contributed by atoms with Crippen LogP contribution in [0.5, 0.6) is 0 Å². The van der Waals surface area contributed by atoms with E-state index in [-0.39, 0.29) is 51.3 Å². The third-order valence-corrected chi connectivity index (χ3v) is 10.4. The molecule has 0 aromatic carbocycles. The van der Waals surface area contributed by atoms with E-state index in [1.807, 2.05) is 0 Å². The van der Waals surface area contributed by atoms with Gasteiger partial charge in [-0.3, -0.25) is 14.2 Å². The van der Waals surface area contributed by atoms with Crippen molar-refractivity contribution < 1.29 is 111 Å². The third kappa shape index (κ3) is 17.4. The highest BCUT2D eigenvalue weighted by Gasteiger charge is 2.59. The van der Waals surface area contributed by atoms with E-state index in [9.17, 15) is 59.6 Å². The number of diazo groups is 1. The number of carboxylic acid groups (broad SMARTS) is 1. The Morgan fingerprint density at radius 1 is 1.03 bits per heavy atom. The Morgan fingerprint density at radius 3 is 2.29 bits per heavy atom. The molecule has 0 radical (unpaired) electrons. The summed E-state index contributed by atoms with van der Waals surface area (Å²) in [5.74, 6) is -6.85. The molecule has 10 N–H and O–H groups in total. The number of alkyl carbamates (subject to hydrolysis) is 1. The molecule has 29 nitrogen and oxygen atoms in total. The summed E-state index contributed by atoms with van der Waals surface area (Å²) in [5.41, 5.74) is 0. The Labute approximate surface area is 371 Å². The number of rotatable bonds is 30. The summed E-state index contributed by atoms with van der Waals surface area (Å²) in [6, 6.07) is -1.84. The number of hydrogen-bond donors (Lipinski definition) is 10. The quantitative estimate of drug-likeness (QED) is 0.0185. The normalized spacial score (nSPS) is 27.8. The Hall–Kier alpha value is -3.87. The minimum atomic E-state index is -5.66. The molecular weight excluding hydrogens is 903 g/mol. The smallest absolute Gasteiger partial charge is 0.475 e. The summed E-state index contributed by atoms with van der Waals surface area (Å²) >= 11 is 0. The average Bonchev–Trinajstić information content (AvgIpc) is 3.55. The summed E-state index contributed by atoms with van der Waals surface area (Å²) in [7, 11) is -2.61. The Morgan fingerprint density at radius 2 is 1.68 bits per heavy atom. The molecule has 65 heavy (non-hydrogen) atoms. The summed E-state index contributed by atoms with van der Waals surface area (Å²) in [6.45, 7) is 2.35. The Bertz CT molecular complexity index is 1690. The molecule has 0 saturated carbocycles. The topological polar surface area (TPSA) is 399 Å². The van der Waals surface area contributed by atoms with Crippen LogP contribution in [0.1, 0.15) is 6.42 Å². The number of carboxylic acids is 1. The van der Waals surface area contributed by atoms with Gasteiger partial charge in [-0.15, -0.1) is 0 Å². The van der Waals surface area contributed by atoms with E-state index in [4.69, 9.17) is 57.1 Å². The number of amidine groups is 1. The minimum absolute atomic E-state index is 0.0279. The minimum Gasteiger partial charge on any atom is -0.477 e. The zero-order valence-corrected chi connectivity index (χ0v) is 36.4. The van der Waals surface area contributed by atoms with Gasteiger partial charge in [0.25, 0.3) is 5.79 Å². The van der Waals surface area contributed by atoms with E-state index in [2.05, 4.69) is 27.2 Å². The fraction of sp³-hybridized carbons (Fsp3) is 0.771. The second-order valence-electron chi connectivity index (χ2n) is 14.1. The molecule has 2 saturated heterocycles. The van der Waals surface area contributed by atoms with Crippen LogP contribution >= 0.6 is 7.82 Å². The summed E-state index contributed by atoms with van der Waals surface area (Å²) < 4.78 is 70.9. The molecule has 0 aliphatic carbocycles. The van der Waals surface area contributed by atoms with Crippen LogP contribution < -0.4 is 10.6 Å². The highest BCUT2D eigenvalue weighted by Crippen LogP contribution is 2.51. The highest BCUT2D eigenvalue weighted by atomic mass is 31.2. The first-order valence-electron chi connectivity index (χ1n) is 19.8. The molecule has 3 aliphatic rings. The van der Waals surface area contributed by atoms with E-state index < -0.39 is 119 Å². The van der Waals surface area contributed by atoms with Crippen molar-refractivity contribution in [2.24, 2.45) is 4.99 Å². The van der Waals surface area contributed by atoms with Crippen LogP contribution in [0.3, 0.4) is 0 Å². The maximum absolute atomic E-state index is 13.2. The summed E-state index contributed by atoms with van der Waals surface area (Å²) in [4.78, 5) is 56.7. The van der Waals surface area contributed by atoms with E-state index in [0.717, 1.165) is 4.90 Å². The number of aliphatic imine (C=N–C) groups is 1. The molecule has 3 rings (SSSR count). The molecule has 3 aliphatic heterocycles. The van der Waals surface area contributed by atoms with Crippen molar-refractivity contribution in [2.45, 2.75) is 73.3 Å². The molecule has 12 atom stereocenters. The Kier molecular flexibility index (Phi) is 23.6. The first-order chi connectivity index (χ1) is 30.9. The number of carbonyl (C=O) groups is 3. The van der Waals surface area contributed by atoms with Gasteiger partial charge in [0.15, 0.2) is 6.23 Å². The maximum Gasteiger partial charge on any atom is 0.475 e. The first kappa shape index (κ1) is 55.5. The monoisotopic (exact) mass is 961 g/mol. The zero-order valence-electron chi connectivity index (χ0n) is 35.5. The number of aliphatic carboxylic acids is 1. The zero-order chi connectivity index (χ0) is 48.2. The van der Waals surface area contributed by atoms with Gasteiger partial charge in [0, 0.05) is 31.8 Å². The van der Waals surface area contributed by atoms with E-state index in [1.54, 1.807) is 0 Å². The standard InChI is InChI=1S/C35H57N6O23P/c1-20-38-25(40-36)4-5-41(20)32-30(48)29(47)24(62-32)19-61-65(52,53)64-35(33(49)50)14-22(43)27(31(63-35)28(46)23(44)16-42)39-26(45)15-37-34(51)60-18-21(59-13-12-57-9-7-55-3)17-58-11-10-56-8-6-54-2/h4-5,21-24,27-32,42-44,46-48H,1,6-19H2,2-3H3,(H3-,37,39,45,49,50,51,52,53)/p+1/t21?,22-,23-,24?,27-,28-,29-,30-,31?,32-,35-/m1/s1. The molecule has 0 aromatic heterocycles. The second kappa shape index (κ2) is 27.7. The number of carbonyl (C=O) groups excluding carboxylic acids is 2. The van der Waals surface area contributed by atoms with Crippen molar-refractivity contribution in [3.05, 3.63) is 29.7 Å². The number of methoxy groups -OCH3 is 2. The lowest BCUT2D eigenvalue weighted by Crippen LogP contribution is -2.68. The van der Waals surface area contributed by atoms with Crippen LogP contribution in [0.4, 0.5) is 4.79 Å². The van der Waals surface area contributed by atoms with Crippen molar-refractivity contribution >= 4 is 31.6 Å². The fourth-order valence-corrected chi connectivity index (χ4v) is 7.01. The summed E-state index contributed by atoms with van der Waals surface area (Å²) in [5, 5.41) is 86.5. The molecule has 2 amide bonds. The molecule has 0 bridgehead atoms. The Balaban J connectivity index is 1.62. The van der Waals surface area contributed by atoms with Gasteiger partial charge in [0.05, 0.1) is 96.3 Å². The van der Waals surface area contributed by atoms with Crippen LogP contribution in [-0.2, 0) is 65.8 Å². The number of hydrogen-bond acceptors (Lipinski definition) is 24. The molecule has 4 unspecified atom stereocenters. The predicted molar refractivity (Wildman–Crippen MR) is 212 cm³/mol. The maximum atomic E-state index is 13.2. The van der Waals surface area contributed by atoms with Gasteiger partial charge in [-0.2, -0.15) is 0 Å². The molecule has 370 valence electrons. The van der Waals surface area contributed by atoms with Gasteiger partial charge >= 0.3 is 25.7 Å². The molecule has 0 spiro atoms. The van der Waals surface area contributed by atoms with E-state index in [1.165, 1.54) is 26.5 Å². The van der Waals surface area contributed by atoms with Crippen molar-refractivity contribution in [1.29, 1.82) is 5.39 Å².